The van der Waals surface area contributed by atoms with E-state index in [-0.39, 0.29) is 17.4 Å². The molecule has 190 valence electrons. The van der Waals surface area contributed by atoms with Crippen LogP contribution in [-0.4, -0.2) is 50.7 Å². The molecule has 4 rings (SSSR count). The van der Waals surface area contributed by atoms with Crippen LogP contribution in [0.25, 0.3) is 11.8 Å². The molecule has 0 saturated carbocycles. The highest BCUT2D eigenvalue weighted by atomic mass is 32.2. The normalized spacial score (nSPS) is 15.6. The quantitative estimate of drug-likeness (QED) is 0.324. The van der Waals surface area contributed by atoms with Gasteiger partial charge in [-0.05, 0) is 99.6 Å². The van der Waals surface area contributed by atoms with Crippen molar-refractivity contribution in [3.05, 3.63) is 87.6 Å². The predicted molar refractivity (Wildman–Crippen MR) is 145 cm³/mol. The number of hydrogen-bond acceptors (Lipinski definition) is 6. The number of benzene rings is 2. The molecule has 2 heterocycles. The first kappa shape index (κ1) is 26.0. The lowest BCUT2D eigenvalue weighted by atomic mass is 10.2. The summed E-state index contributed by atoms with van der Waals surface area (Å²) in [5.41, 5.74) is 4.83. The summed E-state index contributed by atoms with van der Waals surface area (Å²) in [5, 5.41) is 9.64. The fraction of sp³-hybridized carbons (Fsp3) is 0.214. The number of aromatic nitrogens is 1. The molecule has 0 spiro atoms. The summed E-state index contributed by atoms with van der Waals surface area (Å²) in [5.74, 6) is -1.51. The van der Waals surface area contributed by atoms with Crippen molar-refractivity contribution in [2.24, 2.45) is 4.99 Å². The number of aliphatic imine (C=N–C) groups is 1. The maximum Gasteiger partial charge on any atom is 0.338 e. The zero-order chi connectivity index (χ0) is 26.7. The van der Waals surface area contributed by atoms with Gasteiger partial charge in [-0.1, -0.05) is 6.07 Å². The first-order chi connectivity index (χ1) is 17.7. The van der Waals surface area contributed by atoms with E-state index in [0.29, 0.717) is 34.5 Å². The van der Waals surface area contributed by atoms with E-state index >= 15 is 0 Å². The fourth-order valence-corrected chi connectivity index (χ4v) is 5.17. The number of carbonyl (C=O) groups is 3. The van der Waals surface area contributed by atoms with E-state index in [9.17, 15) is 14.4 Å². The van der Waals surface area contributed by atoms with Crippen LogP contribution in [-0.2, 0) is 9.53 Å². The smallest absolute Gasteiger partial charge is 0.338 e. The van der Waals surface area contributed by atoms with Gasteiger partial charge in [0.1, 0.15) is 0 Å². The minimum Gasteiger partial charge on any atom is -0.478 e. The Kier molecular flexibility index (Phi) is 7.63. The van der Waals surface area contributed by atoms with Gasteiger partial charge in [0.05, 0.1) is 28.3 Å². The number of rotatable bonds is 7. The van der Waals surface area contributed by atoms with Crippen molar-refractivity contribution in [2.45, 2.75) is 27.7 Å². The molecule has 1 saturated heterocycles. The molecule has 9 heteroatoms. The number of esters is 1. The van der Waals surface area contributed by atoms with E-state index in [4.69, 9.17) is 9.84 Å². The lowest BCUT2D eigenvalue weighted by Crippen LogP contribution is -2.28. The average Bonchev–Trinajstić information content (AvgIpc) is 3.33. The van der Waals surface area contributed by atoms with E-state index in [1.807, 2.05) is 49.6 Å². The summed E-state index contributed by atoms with van der Waals surface area (Å²) >= 11 is 1.28. The van der Waals surface area contributed by atoms with Gasteiger partial charge in [-0.25, -0.2) is 14.6 Å². The first-order valence-electron chi connectivity index (χ1n) is 11.8. The van der Waals surface area contributed by atoms with Gasteiger partial charge in [0, 0.05) is 23.6 Å². The highest BCUT2D eigenvalue weighted by Gasteiger charge is 2.32. The third-order valence-electron chi connectivity index (χ3n) is 5.92. The van der Waals surface area contributed by atoms with Gasteiger partial charge in [-0.3, -0.25) is 9.69 Å². The molecular formula is C28H27N3O5S. The Labute approximate surface area is 219 Å². The molecule has 1 N–H and O–H groups in total. The number of thioether (sulfide) groups is 1. The minimum atomic E-state index is -1.00. The zero-order valence-corrected chi connectivity index (χ0v) is 21.8. The van der Waals surface area contributed by atoms with Gasteiger partial charge >= 0.3 is 11.9 Å². The Morgan fingerprint density at radius 2 is 1.78 bits per heavy atom. The van der Waals surface area contributed by atoms with Gasteiger partial charge in [-0.2, -0.15) is 0 Å². The topological polar surface area (TPSA) is 101 Å². The molecule has 1 aromatic heterocycles. The third-order valence-corrected chi connectivity index (χ3v) is 6.92. The van der Waals surface area contributed by atoms with Crippen LogP contribution in [0.1, 0.15) is 51.5 Å². The van der Waals surface area contributed by atoms with Crippen LogP contribution in [0.3, 0.4) is 0 Å². The van der Waals surface area contributed by atoms with Gasteiger partial charge < -0.3 is 14.4 Å². The largest absolute Gasteiger partial charge is 0.478 e. The second-order valence-corrected chi connectivity index (χ2v) is 9.35. The van der Waals surface area contributed by atoms with Crippen molar-refractivity contribution in [3.63, 3.8) is 0 Å². The number of aromatic carboxylic acids is 1. The summed E-state index contributed by atoms with van der Waals surface area (Å²) in [4.78, 5) is 43.2. The molecule has 2 aromatic carbocycles. The van der Waals surface area contributed by atoms with Crippen molar-refractivity contribution < 1.29 is 24.2 Å². The van der Waals surface area contributed by atoms with Crippen molar-refractivity contribution in [1.82, 2.24) is 9.47 Å². The fourth-order valence-electron chi connectivity index (χ4n) is 4.12. The van der Waals surface area contributed by atoms with Gasteiger partial charge in [0.2, 0.25) is 0 Å². The number of amides is 1. The van der Waals surface area contributed by atoms with Gasteiger partial charge in [0.25, 0.3) is 5.91 Å². The maximum absolute atomic E-state index is 13.2. The summed E-state index contributed by atoms with van der Waals surface area (Å²) in [6.45, 7) is 8.36. The molecule has 1 fully saturated rings. The number of carboxylic acids is 1. The highest BCUT2D eigenvalue weighted by Crippen LogP contribution is 2.35. The molecular weight excluding hydrogens is 490 g/mol. The molecule has 0 bridgehead atoms. The van der Waals surface area contributed by atoms with E-state index in [2.05, 4.69) is 4.99 Å². The summed E-state index contributed by atoms with van der Waals surface area (Å²) in [6.07, 6.45) is 1.86. The molecule has 1 aliphatic heterocycles. The van der Waals surface area contributed by atoms with Crippen LogP contribution in [0.15, 0.2) is 64.5 Å². The van der Waals surface area contributed by atoms with Crippen LogP contribution in [0.4, 0.5) is 5.69 Å². The zero-order valence-electron chi connectivity index (χ0n) is 21.0. The van der Waals surface area contributed by atoms with E-state index in [0.717, 1.165) is 22.6 Å². The average molecular weight is 518 g/mol. The number of likely N-dealkylation sites (N-methyl/N-ethyl adjacent to an activating group) is 1. The number of nitrogens with zero attached hydrogens (tertiary/aromatic N) is 3. The van der Waals surface area contributed by atoms with Crippen molar-refractivity contribution >= 4 is 46.5 Å². The van der Waals surface area contributed by atoms with Crippen LogP contribution < -0.4 is 0 Å². The number of hydrogen-bond donors (Lipinski definition) is 1. The predicted octanol–water partition coefficient (Wildman–Crippen LogP) is 5.59. The monoisotopic (exact) mass is 517 g/mol. The van der Waals surface area contributed by atoms with Crippen LogP contribution in [0, 0.1) is 13.8 Å². The van der Waals surface area contributed by atoms with Crippen molar-refractivity contribution in [1.29, 1.82) is 0 Å². The van der Waals surface area contributed by atoms with Crippen LogP contribution >= 0.6 is 11.8 Å². The Balaban J connectivity index is 1.66. The lowest BCUT2D eigenvalue weighted by Gasteiger charge is -2.12. The number of ether oxygens (including phenoxy) is 1. The lowest BCUT2D eigenvalue weighted by molar-refractivity contribution is -0.122. The molecule has 1 aliphatic rings. The molecule has 1 amide bonds. The Bertz CT molecular complexity index is 1440. The van der Waals surface area contributed by atoms with Crippen LogP contribution in [0.2, 0.25) is 0 Å². The Hall–Kier alpha value is -4.11. The SMILES string of the molecule is CCOC(=O)c1cccc(-n2c(C)cc(/C=C3\SC(=Nc4ccc(C(=O)O)cc4)N(CC)C3=O)c2C)c1. The first-order valence-corrected chi connectivity index (χ1v) is 12.6. The summed E-state index contributed by atoms with van der Waals surface area (Å²) < 4.78 is 7.17. The second kappa shape index (κ2) is 10.9. The van der Waals surface area contributed by atoms with Crippen molar-refractivity contribution in [2.75, 3.05) is 13.2 Å². The Morgan fingerprint density at radius 3 is 2.43 bits per heavy atom. The van der Waals surface area contributed by atoms with Crippen LogP contribution in [0.5, 0.6) is 0 Å². The number of carboxylic acid groups (broad SMARTS) is 1. The molecule has 0 aliphatic carbocycles. The minimum absolute atomic E-state index is 0.137. The second-order valence-electron chi connectivity index (χ2n) is 8.34. The molecule has 0 radical (unpaired) electrons. The number of carbonyl (C=O) groups excluding carboxylic acids is 2. The number of aryl methyl sites for hydroxylation is 1. The standard InChI is InChI=1S/C28H27N3O5S/c1-5-30-25(32)24(37-28(30)29-22-12-10-19(11-13-22)26(33)34)16-21-14-17(3)31(18(21)4)23-9-7-8-20(15-23)27(35)36-6-2/h7-16H,5-6H2,1-4H3,(H,33,34)/b24-16-,29-28?. The summed E-state index contributed by atoms with van der Waals surface area (Å²) in [7, 11) is 0. The summed E-state index contributed by atoms with van der Waals surface area (Å²) in [6, 6.07) is 15.5. The third kappa shape index (κ3) is 5.36. The number of amidine groups is 1. The van der Waals surface area contributed by atoms with Gasteiger partial charge in [0.15, 0.2) is 5.17 Å². The van der Waals surface area contributed by atoms with E-state index < -0.39 is 5.97 Å². The molecule has 0 unspecified atom stereocenters. The molecule has 0 atom stereocenters. The molecule has 3 aromatic rings. The highest BCUT2D eigenvalue weighted by molar-refractivity contribution is 8.18. The molecule has 8 nitrogen and oxygen atoms in total. The van der Waals surface area contributed by atoms with E-state index in [1.54, 1.807) is 36.1 Å². The maximum atomic E-state index is 13.2. The van der Waals surface area contributed by atoms with Crippen molar-refractivity contribution in [3.8, 4) is 5.69 Å². The van der Waals surface area contributed by atoms with E-state index in [1.165, 1.54) is 23.9 Å². The molecule has 37 heavy (non-hydrogen) atoms. The Morgan fingerprint density at radius 1 is 1.05 bits per heavy atom. The van der Waals surface area contributed by atoms with Gasteiger partial charge in [-0.15, -0.1) is 0 Å².